The number of benzene rings is 2. The van der Waals surface area contributed by atoms with Gasteiger partial charge in [0.15, 0.2) is 0 Å². The molecular weight excluding hydrogens is 266 g/mol. The zero-order chi connectivity index (χ0) is 14.8. The van der Waals surface area contributed by atoms with Gasteiger partial charge in [-0.2, -0.15) is 5.26 Å². The fourth-order valence-electron chi connectivity index (χ4n) is 2.23. The van der Waals surface area contributed by atoms with Gasteiger partial charge in [-0.25, -0.2) is 0 Å². The van der Waals surface area contributed by atoms with Gasteiger partial charge in [-0.3, -0.25) is 9.59 Å². The molecule has 5 nitrogen and oxygen atoms in total. The van der Waals surface area contributed by atoms with Crippen LogP contribution in [0.25, 0.3) is 0 Å². The molecule has 1 aliphatic rings. The molecule has 2 aromatic rings. The normalized spacial score (nSPS) is 12.2. The highest BCUT2D eigenvalue weighted by Crippen LogP contribution is 2.24. The molecule has 0 atom stereocenters. The number of rotatable bonds is 2. The summed E-state index contributed by atoms with van der Waals surface area (Å²) < 4.78 is 0. The van der Waals surface area contributed by atoms with Gasteiger partial charge in [0.1, 0.15) is 0 Å². The lowest BCUT2D eigenvalue weighted by Crippen LogP contribution is -2.12. The summed E-state index contributed by atoms with van der Waals surface area (Å²) in [6.45, 7) is 0. The number of hydrogen-bond acceptors (Lipinski definition) is 3. The van der Waals surface area contributed by atoms with Crippen LogP contribution in [0.15, 0.2) is 42.5 Å². The molecule has 0 unspecified atom stereocenters. The summed E-state index contributed by atoms with van der Waals surface area (Å²) in [7, 11) is 0. The van der Waals surface area contributed by atoms with Crippen molar-refractivity contribution in [3.8, 4) is 6.07 Å². The molecule has 0 aliphatic carbocycles. The van der Waals surface area contributed by atoms with Crippen LogP contribution in [0.4, 0.5) is 11.4 Å². The monoisotopic (exact) mass is 277 g/mol. The Bertz CT molecular complexity index is 790. The number of nitriles is 1. The second kappa shape index (κ2) is 5.10. The summed E-state index contributed by atoms with van der Waals surface area (Å²) in [5.74, 6) is -0.349. The first-order chi connectivity index (χ1) is 10.2. The summed E-state index contributed by atoms with van der Waals surface area (Å²) in [6.07, 6.45) is 0.349. The smallest absolute Gasteiger partial charge is 0.255 e. The molecule has 0 aromatic heterocycles. The van der Waals surface area contributed by atoms with E-state index in [1.807, 2.05) is 6.07 Å². The summed E-state index contributed by atoms with van der Waals surface area (Å²) >= 11 is 0. The van der Waals surface area contributed by atoms with Crippen LogP contribution >= 0.6 is 0 Å². The topological polar surface area (TPSA) is 82.0 Å². The van der Waals surface area contributed by atoms with E-state index in [9.17, 15) is 9.59 Å². The van der Waals surface area contributed by atoms with E-state index in [0.717, 1.165) is 5.56 Å². The highest BCUT2D eigenvalue weighted by atomic mass is 16.2. The molecule has 2 amide bonds. The van der Waals surface area contributed by atoms with Gasteiger partial charge >= 0.3 is 0 Å². The van der Waals surface area contributed by atoms with Crippen molar-refractivity contribution in [2.45, 2.75) is 6.42 Å². The Morgan fingerprint density at radius 3 is 2.90 bits per heavy atom. The average Bonchev–Trinajstić information content (AvgIpc) is 2.86. The summed E-state index contributed by atoms with van der Waals surface area (Å²) in [5.41, 5.74) is 3.07. The summed E-state index contributed by atoms with van der Waals surface area (Å²) in [6, 6.07) is 13.8. The fourth-order valence-corrected chi connectivity index (χ4v) is 2.23. The van der Waals surface area contributed by atoms with Gasteiger partial charge < -0.3 is 10.6 Å². The van der Waals surface area contributed by atoms with Crippen molar-refractivity contribution in [3.63, 3.8) is 0 Å². The van der Waals surface area contributed by atoms with Crippen LogP contribution in [-0.2, 0) is 11.2 Å². The van der Waals surface area contributed by atoms with Crippen molar-refractivity contribution in [2.75, 3.05) is 10.6 Å². The molecule has 2 N–H and O–H groups in total. The third-order valence-electron chi connectivity index (χ3n) is 3.25. The molecule has 21 heavy (non-hydrogen) atoms. The first kappa shape index (κ1) is 12.9. The second-order valence-electron chi connectivity index (χ2n) is 4.74. The SMILES string of the molecule is N#Cc1cccc(NC(=O)c2ccc3c(c2)NC(=O)C3)c1. The maximum atomic E-state index is 12.2. The first-order valence-electron chi connectivity index (χ1n) is 6.40. The number of carbonyl (C=O) groups excluding carboxylic acids is 2. The minimum absolute atomic E-state index is 0.0655. The molecule has 0 bridgehead atoms. The van der Waals surface area contributed by atoms with Crippen LogP contribution < -0.4 is 10.6 Å². The number of nitrogens with zero attached hydrogens (tertiary/aromatic N) is 1. The Balaban J connectivity index is 1.81. The van der Waals surface area contributed by atoms with Crippen LogP contribution in [0.5, 0.6) is 0 Å². The molecule has 102 valence electrons. The molecule has 0 saturated heterocycles. The van der Waals surface area contributed by atoms with E-state index >= 15 is 0 Å². The van der Waals surface area contributed by atoms with Crippen LogP contribution in [0, 0.1) is 11.3 Å². The van der Waals surface area contributed by atoms with Gasteiger partial charge in [-0.05, 0) is 35.9 Å². The summed E-state index contributed by atoms with van der Waals surface area (Å²) in [5, 5.41) is 14.3. The Labute approximate surface area is 121 Å². The number of fused-ring (bicyclic) bond motifs is 1. The van der Waals surface area contributed by atoms with Gasteiger partial charge in [0.05, 0.1) is 18.1 Å². The van der Waals surface area contributed by atoms with Crippen molar-refractivity contribution in [3.05, 3.63) is 59.2 Å². The molecule has 0 saturated carbocycles. The van der Waals surface area contributed by atoms with Crippen LogP contribution in [0.1, 0.15) is 21.5 Å². The number of amides is 2. The van der Waals surface area contributed by atoms with Crippen molar-refractivity contribution < 1.29 is 9.59 Å². The third kappa shape index (κ3) is 2.60. The molecule has 0 fully saturated rings. The van der Waals surface area contributed by atoms with E-state index in [-0.39, 0.29) is 11.8 Å². The number of nitrogens with one attached hydrogen (secondary N) is 2. The molecular formula is C16H11N3O2. The zero-order valence-corrected chi connectivity index (χ0v) is 11.0. The highest BCUT2D eigenvalue weighted by molar-refractivity contribution is 6.07. The van der Waals surface area contributed by atoms with E-state index in [2.05, 4.69) is 10.6 Å². The standard InChI is InChI=1S/C16H11N3O2/c17-9-10-2-1-3-13(6-10)18-16(21)12-5-4-11-8-15(20)19-14(11)7-12/h1-7H,8H2,(H,18,21)(H,19,20). The van der Waals surface area contributed by atoms with E-state index in [0.29, 0.717) is 28.9 Å². The van der Waals surface area contributed by atoms with Crippen LogP contribution in [-0.4, -0.2) is 11.8 Å². The van der Waals surface area contributed by atoms with Crippen molar-refractivity contribution in [1.82, 2.24) is 0 Å². The fraction of sp³-hybridized carbons (Fsp3) is 0.0625. The van der Waals surface area contributed by atoms with Crippen molar-refractivity contribution in [2.24, 2.45) is 0 Å². The molecule has 1 aliphatic heterocycles. The van der Waals surface area contributed by atoms with E-state index in [1.165, 1.54) is 0 Å². The predicted octanol–water partition coefficient (Wildman–Crippen LogP) is 2.31. The first-order valence-corrected chi connectivity index (χ1v) is 6.40. The molecule has 0 spiro atoms. The lowest BCUT2D eigenvalue weighted by atomic mass is 10.1. The van der Waals surface area contributed by atoms with E-state index < -0.39 is 0 Å². The number of hydrogen-bond donors (Lipinski definition) is 2. The maximum Gasteiger partial charge on any atom is 0.255 e. The Morgan fingerprint density at radius 1 is 1.24 bits per heavy atom. The van der Waals surface area contributed by atoms with Crippen LogP contribution in [0.3, 0.4) is 0 Å². The summed E-state index contributed by atoms with van der Waals surface area (Å²) in [4.78, 5) is 23.5. The lowest BCUT2D eigenvalue weighted by Gasteiger charge is -2.07. The molecule has 3 rings (SSSR count). The lowest BCUT2D eigenvalue weighted by molar-refractivity contribution is -0.115. The van der Waals surface area contributed by atoms with E-state index in [1.54, 1.807) is 42.5 Å². The van der Waals surface area contributed by atoms with Crippen molar-refractivity contribution >= 4 is 23.2 Å². The molecule has 0 radical (unpaired) electrons. The van der Waals surface area contributed by atoms with Crippen molar-refractivity contribution in [1.29, 1.82) is 5.26 Å². The number of anilines is 2. The number of carbonyl (C=O) groups is 2. The Morgan fingerprint density at radius 2 is 2.10 bits per heavy atom. The van der Waals surface area contributed by atoms with Gasteiger partial charge in [-0.1, -0.05) is 12.1 Å². The zero-order valence-electron chi connectivity index (χ0n) is 11.0. The third-order valence-corrected chi connectivity index (χ3v) is 3.25. The highest BCUT2D eigenvalue weighted by Gasteiger charge is 2.19. The minimum Gasteiger partial charge on any atom is -0.326 e. The second-order valence-corrected chi connectivity index (χ2v) is 4.74. The van der Waals surface area contributed by atoms with Gasteiger partial charge in [0, 0.05) is 16.9 Å². The van der Waals surface area contributed by atoms with Gasteiger partial charge in [-0.15, -0.1) is 0 Å². The maximum absolute atomic E-state index is 12.2. The van der Waals surface area contributed by atoms with Gasteiger partial charge in [0.25, 0.3) is 5.91 Å². The molecule has 5 heteroatoms. The predicted molar refractivity (Wildman–Crippen MR) is 77.9 cm³/mol. The average molecular weight is 277 g/mol. The largest absolute Gasteiger partial charge is 0.326 e. The quantitative estimate of drug-likeness (QED) is 0.883. The molecule has 2 aromatic carbocycles. The van der Waals surface area contributed by atoms with Crippen LogP contribution in [0.2, 0.25) is 0 Å². The Kier molecular flexibility index (Phi) is 3.13. The van der Waals surface area contributed by atoms with Gasteiger partial charge in [0.2, 0.25) is 5.91 Å². The minimum atomic E-state index is -0.283. The Hall–Kier alpha value is -3.13. The molecule has 1 heterocycles. The van der Waals surface area contributed by atoms with E-state index in [4.69, 9.17) is 5.26 Å².